The summed E-state index contributed by atoms with van der Waals surface area (Å²) in [6, 6.07) is 6.93. The second-order valence-corrected chi connectivity index (χ2v) is 2.95. The van der Waals surface area contributed by atoms with E-state index >= 15 is 0 Å². The number of amides is 1. The smallest absolute Gasteiger partial charge is 0.256 e. The van der Waals surface area contributed by atoms with Crippen LogP contribution in [0.5, 0.6) is 0 Å². The van der Waals surface area contributed by atoms with Crippen molar-refractivity contribution in [3.8, 4) is 12.3 Å². The normalized spacial score (nSPS) is 9.14. The van der Waals surface area contributed by atoms with Gasteiger partial charge in [-0.3, -0.25) is 4.79 Å². The summed E-state index contributed by atoms with van der Waals surface area (Å²) in [7, 11) is 1.65. The van der Waals surface area contributed by atoms with Crippen LogP contribution in [0, 0.1) is 12.3 Å². The second kappa shape index (κ2) is 4.33. The molecule has 0 heterocycles. The summed E-state index contributed by atoms with van der Waals surface area (Å²) >= 11 is 0. The first kappa shape index (κ1) is 10.1. The standard InChI is InChI=1S/C11H12N2O/c1-3-8-13(2)11(14)9-6-4-5-7-10(9)12/h1,4-7H,8,12H2,2H3. The lowest BCUT2D eigenvalue weighted by Gasteiger charge is -2.14. The minimum Gasteiger partial charge on any atom is -0.398 e. The number of terminal acetylenes is 1. The predicted octanol–water partition coefficient (Wildman–Crippen LogP) is 0.974. The number of nitrogens with two attached hydrogens (primary N) is 1. The molecule has 0 saturated heterocycles. The van der Waals surface area contributed by atoms with Gasteiger partial charge in [0.2, 0.25) is 0 Å². The van der Waals surface area contributed by atoms with Gasteiger partial charge in [0.25, 0.3) is 5.91 Å². The van der Waals surface area contributed by atoms with Gasteiger partial charge < -0.3 is 10.6 Å². The molecule has 0 bridgehead atoms. The fraction of sp³-hybridized carbons (Fsp3) is 0.182. The first-order valence-electron chi connectivity index (χ1n) is 4.20. The molecule has 1 amide bonds. The Kier molecular flexibility index (Phi) is 3.14. The molecule has 3 heteroatoms. The molecule has 0 aliphatic rings. The third-order valence-corrected chi connectivity index (χ3v) is 1.87. The Balaban J connectivity index is 2.91. The number of hydrogen-bond donors (Lipinski definition) is 1. The van der Waals surface area contributed by atoms with Crippen LogP contribution < -0.4 is 5.73 Å². The summed E-state index contributed by atoms with van der Waals surface area (Å²) in [6.07, 6.45) is 5.11. The quantitative estimate of drug-likeness (QED) is 0.555. The Morgan fingerprint density at radius 2 is 2.21 bits per heavy atom. The predicted molar refractivity (Wildman–Crippen MR) is 56.6 cm³/mol. The highest BCUT2D eigenvalue weighted by Gasteiger charge is 2.12. The number of hydrogen-bond acceptors (Lipinski definition) is 2. The number of rotatable bonds is 2. The molecule has 0 unspecified atom stereocenters. The van der Waals surface area contributed by atoms with Gasteiger partial charge in [-0.2, -0.15) is 0 Å². The fourth-order valence-corrected chi connectivity index (χ4v) is 1.11. The average Bonchev–Trinajstić information content (AvgIpc) is 2.18. The fourth-order valence-electron chi connectivity index (χ4n) is 1.11. The van der Waals surface area contributed by atoms with Crippen LogP contribution in [-0.2, 0) is 0 Å². The van der Waals surface area contributed by atoms with Crippen LogP contribution >= 0.6 is 0 Å². The third-order valence-electron chi connectivity index (χ3n) is 1.87. The topological polar surface area (TPSA) is 46.3 Å². The van der Waals surface area contributed by atoms with Crippen LogP contribution in [0.1, 0.15) is 10.4 Å². The van der Waals surface area contributed by atoms with Crippen molar-refractivity contribution in [2.24, 2.45) is 0 Å². The number of carbonyl (C=O) groups excluding carboxylic acids is 1. The highest BCUT2D eigenvalue weighted by Crippen LogP contribution is 2.12. The minimum absolute atomic E-state index is 0.152. The monoisotopic (exact) mass is 188 g/mol. The van der Waals surface area contributed by atoms with Crippen molar-refractivity contribution in [3.63, 3.8) is 0 Å². The minimum atomic E-state index is -0.152. The Labute approximate surface area is 83.5 Å². The van der Waals surface area contributed by atoms with E-state index in [1.807, 2.05) is 0 Å². The summed E-state index contributed by atoms with van der Waals surface area (Å²) in [5, 5.41) is 0. The van der Waals surface area contributed by atoms with Crippen LogP contribution in [0.25, 0.3) is 0 Å². The molecule has 0 atom stereocenters. The van der Waals surface area contributed by atoms with Crippen molar-refractivity contribution in [1.29, 1.82) is 0 Å². The third kappa shape index (κ3) is 2.05. The summed E-state index contributed by atoms with van der Waals surface area (Å²) < 4.78 is 0. The van der Waals surface area contributed by atoms with Gasteiger partial charge in [0, 0.05) is 12.7 Å². The molecule has 3 nitrogen and oxygen atoms in total. The van der Waals surface area contributed by atoms with Crippen LogP contribution in [0.2, 0.25) is 0 Å². The molecule has 72 valence electrons. The van der Waals surface area contributed by atoms with Gasteiger partial charge in [-0.1, -0.05) is 18.1 Å². The lowest BCUT2D eigenvalue weighted by atomic mass is 10.1. The molecule has 1 aromatic carbocycles. The first-order valence-corrected chi connectivity index (χ1v) is 4.20. The number of nitrogens with zero attached hydrogens (tertiary/aromatic N) is 1. The molecule has 0 spiro atoms. The van der Waals surface area contributed by atoms with Crippen molar-refractivity contribution >= 4 is 11.6 Å². The summed E-state index contributed by atoms with van der Waals surface area (Å²) in [6.45, 7) is 0.285. The molecule has 0 aromatic heterocycles. The van der Waals surface area contributed by atoms with Gasteiger partial charge in [-0.15, -0.1) is 6.42 Å². The molecule has 0 aliphatic heterocycles. The number of anilines is 1. The van der Waals surface area contributed by atoms with Crippen molar-refractivity contribution in [1.82, 2.24) is 4.90 Å². The molecular formula is C11H12N2O. The summed E-state index contributed by atoms with van der Waals surface area (Å²) in [4.78, 5) is 13.2. The highest BCUT2D eigenvalue weighted by molar-refractivity contribution is 5.99. The van der Waals surface area contributed by atoms with Crippen molar-refractivity contribution < 1.29 is 4.79 Å². The Morgan fingerprint density at radius 1 is 1.57 bits per heavy atom. The largest absolute Gasteiger partial charge is 0.398 e. The van der Waals surface area contributed by atoms with E-state index < -0.39 is 0 Å². The molecule has 1 rings (SSSR count). The van der Waals surface area contributed by atoms with Gasteiger partial charge >= 0.3 is 0 Å². The number of nitrogen functional groups attached to an aromatic ring is 1. The Bertz CT molecular complexity index is 379. The van der Waals surface area contributed by atoms with E-state index in [9.17, 15) is 4.79 Å². The number of para-hydroxylation sites is 1. The van der Waals surface area contributed by atoms with Crippen molar-refractivity contribution in [2.45, 2.75) is 0 Å². The lowest BCUT2D eigenvalue weighted by Crippen LogP contribution is -2.27. The Hall–Kier alpha value is -1.95. The lowest BCUT2D eigenvalue weighted by molar-refractivity contribution is 0.0813. The number of benzene rings is 1. The zero-order valence-electron chi connectivity index (χ0n) is 8.03. The Morgan fingerprint density at radius 3 is 2.79 bits per heavy atom. The SMILES string of the molecule is C#CCN(C)C(=O)c1ccccc1N. The molecule has 0 saturated carbocycles. The van der Waals surface area contributed by atoms with Gasteiger partial charge in [0.05, 0.1) is 12.1 Å². The van der Waals surface area contributed by atoms with E-state index in [2.05, 4.69) is 5.92 Å². The van der Waals surface area contributed by atoms with Gasteiger partial charge in [0.1, 0.15) is 0 Å². The van der Waals surface area contributed by atoms with Crippen LogP contribution in [-0.4, -0.2) is 24.4 Å². The first-order chi connectivity index (χ1) is 6.66. The maximum absolute atomic E-state index is 11.7. The van der Waals surface area contributed by atoms with Gasteiger partial charge in [0.15, 0.2) is 0 Å². The van der Waals surface area contributed by atoms with Gasteiger partial charge in [-0.25, -0.2) is 0 Å². The molecular weight excluding hydrogens is 176 g/mol. The molecule has 0 fully saturated rings. The summed E-state index contributed by atoms with van der Waals surface area (Å²) in [5.41, 5.74) is 6.62. The van der Waals surface area contributed by atoms with E-state index in [0.717, 1.165) is 0 Å². The van der Waals surface area contributed by atoms with Gasteiger partial charge in [-0.05, 0) is 12.1 Å². The highest BCUT2D eigenvalue weighted by atomic mass is 16.2. The van der Waals surface area contributed by atoms with Crippen LogP contribution in [0.4, 0.5) is 5.69 Å². The van der Waals surface area contributed by atoms with Crippen LogP contribution in [0.3, 0.4) is 0 Å². The molecule has 0 aliphatic carbocycles. The number of carbonyl (C=O) groups is 1. The molecule has 0 radical (unpaired) electrons. The molecule has 1 aromatic rings. The van der Waals surface area contributed by atoms with E-state index in [0.29, 0.717) is 11.3 Å². The van der Waals surface area contributed by atoms with E-state index in [-0.39, 0.29) is 12.5 Å². The maximum Gasteiger partial charge on any atom is 0.256 e. The van der Waals surface area contributed by atoms with Crippen molar-refractivity contribution in [2.75, 3.05) is 19.3 Å². The van der Waals surface area contributed by atoms with Crippen LogP contribution in [0.15, 0.2) is 24.3 Å². The van der Waals surface area contributed by atoms with E-state index in [1.165, 1.54) is 4.90 Å². The zero-order chi connectivity index (χ0) is 10.6. The summed E-state index contributed by atoms with van der Waals surface area (Å²) in [5.74, 6) is 2.25. The molecule has 14 heavy (non-hydrogen) atoms. The molecule has 2 N–H and O–H groups in total. The van der Waals surface area contributed by atoms with E-state index in [1.54, 1.807) is 31.3 Å². The second-order valence-electron chi connectivity index (χ2n) is 2.95. The van der Waals surface area contributed by atoms with Crippen molar-refractivity contribution in [3.05, 3.63) is 29.8 Å². The maximum atomic E-state index is 11.7. The average molecular weight is 188 g/mol. The van der Waals surface area contributed by atoms with E-state index in [4.69, 9.17) is 12.2 Å². The zero-order valence-corrected chi connectivity index (χ0v) is 8.03.